The number of aromatic nitrogens is 2. The third-order valence-electron chi connectivity index (χ3n) is 5.60. The lowest BCUT2D eigenvalue weighted by atomic mass is 9.78. The van der Waals surface area contributed by atoms with Gasteiger partial charge in [-0.3, -0.25) is 14.8 Å². The minimum atomic E-state index is -3.53. The van der Waals surface area contributed by atoms with Crippen LogP contribution in [0.2, 0.25) is 5.02 Å². The van der Waals surface area contributed by atoms with Gasteiger partial charge in [0.2, 0.25) is 0 Å². The van der Waals surface area contributed by atoms with Crippen LogP contribution in [0.3, 0.4) is 0 Å². The molecule has 7 nitrogen and oxygen atoms in total. The van der Waals surface area contributed by atoms with Crippen molar-refractivity contribution in [3.63, 3.8) is 0 Å². The van der Waals surface area contributed by atoms with Crippen LogP contribution in [0.1, 0.15) is 37.1 Å². The van der Waals surface area contributed by atoms with E-state index in [4.69, 9.17) is 16.3 Å². The minimum absolute atomic E-state index is 0.0665. The van der Waals surface area contributed by atoms with Gasteiger partial charge in [0.25, 0.3) is 0 Å². The maximum absolute atomic E-state index is 13.0. The molecule has 0 aliphatic carbocycles. The molecule has 1 saturated heterocycles. The molecule has 3 atom stereocenters. The van der Waals surface area contributed by atoms with Crippen LogP contribution in [0.5, 0.6) is 0 Å². The zero-order valence-electron chi connectivity index (χ0n) is 15.5. The average molecular weight is 424 g/mol. The number of rotatable bonds is 5. The number of piperidine rings is 1. The van der Waals surface area contributed by atoms with Gasteiger partial charge in [0.05, 0.1) is 23.6 Å². The molecular weight excluding hydrogens is 402 g/mol. The van der Waals surface area contributed by atoms with Crippen LogP contribution in [0.15, 0.2) is 35.4 Å². The number of aromatic amines is 1. The molecule has 2 aliphatic heterocycles. The van der Waals surface area contributed by atoms with Crippen molar-refractivity contribution < 1.29 is 17.9 Å². The zero-order chi connectivity index (χ0) is 19.9. The van der Waals surface area contributed by atoms with Crippen molar-refractivity contribution in [2.24, 2.45) is 5.92 Å². The monoisotopic (exact) mass is 423 g/mol. The van der Waals surface area contributed by atoms with E-state index >= 15 is 0 Å². The van der Waals surface area contributed by atoms with E-state index in [1.807, 2.05) is 4.90 Å². The normalized spacial score (nSPS) is 24.6. The summed E-state index contributed by atoms with van der Waals surface area (Å²) < 4.78 is 31.2. The molecule has 28 heavy (non-hydrogen) atoms. The number of halogens is 1. The molecule has 0 saturated carbocycles. The molecule has 1 N–H and O–H groups in total. The molecule has 4 rings (SSSR count). The fraction of sp³-hybridized carbons (Fsp3) is 0.474. The van der Waals surface area contributed by atoms with Gasteiger partial charge in [0, 0.05) is 34.8 Å². The van der Waals surface area contributed by atoms with E-state index < -0.39 is 9.84 Å². The van der Waals surface area contributed by atoms with Gasteiger partial charge in [-0.05, 0) is 44.0 Å². The van der Waals surface area contributed by atoms with Gasteiger partial charge in [-0.15, -0.1) is 0 Å². The highest BCUT2D eigenvalue weighted by molar-refractivity contribution is 7.91. The standard InChI is InChI=1S/C19H22ClN3O4S/c1-2-27-19(24)12-7-14-9-17-16(10-21-22-17)18(8-12)23(14)11-28(25,26)15-5-3-13(20)4-6-15/h3-6,10,12,14,18H,2,7-9,11H2,1H3,(H,21,22). The third kappa shape index (κ3) is 3.56. The lowest BCUT2D eigenvalue weighted by Crippen LogP contribution is -2.52. The Kier molecular flexibility index (Phi) is 5.20. The first kappa shape index (κ1) is 19.4. The maximum Gasteiger partial charge on any atom is 0.309 e. The number of nitrogens with one attached hydrogen (secondary N) is 1. The Morgan fingerprint density at radius 1 is 1.32 bits per heavy atom. The number of esters is 1. The molecular formula is C19H22ClN3O4S. The van der Waals surface area contributed by atoms with Crippen molar-refractivity contribution in [1.29, 1.82) is 0 Å². The van der Waals surface area contributed by atoms with E-state index in [2.05, 4.69) is 10.2 Å². The summed E-state index contributed by atoms with van der Waals surface area (Å²) in [6.45, 7) is 2.14. The summed E-state index contributed by atoms with van der Waals surface area (Å²) in [5.41, 5.74) is 1.99. The van der Waals surface area contributed by atoms with Gasteiger partial charge in [-0.1, -0.05) is 11.6 Å². The molecule has 0 radical (unpaired) electrons. The molecule has 3 unspecified atom stereocenters. The first-order valence-electron chi connectivity index (χ1n) is 9.32. The molecule has 2 aromatic rings. The van der Waals surface area contributed by atoms with Gasteiger partial charge < -0.3 is 4.74 Å². The maximum atomic E-state index is 13.0. The summed E-state index contributed by atoms with van der Waals surface area (Å²) in [7, 11) is -3.53. The lowest BCUT2D eigenvalue weighted by Gasteiger charge is -2.47. The van der Waals surface area contributed by atoms with Crippen LogP contribution in [-0.2, 0) is 25.8 Å². The Morgan fingerprint density at radius 2 is 2.07 bits per heavy atom. The van der Waals surface area contributed by atoms with Gasteiger partial charge in [-0.2, -0.15) is 5.10 Å². The van der Waals surface area contributed by atoms with E-state index in [0.717, 1.165) is 11.3 Å². The molecule has 2 bridgehead atoms. The highest BCUT2D eigenvalue weighted by Crippen LogP contribution is 2.44. The summed E-state index contributed by atoms with van der Waals surface area (Å²) in [4.78, 5) is 14.6. The van der Waals surface area contributed by atoms with Gasteiger partial charge in [-0.25, -0.2) is 8.42 Å². The summed E-state index contributed by atoms with van der Waals surface area (Å²) in [6, 6.07) is 5.97. The topological polar surface area (TPSA) is 92.4 Å². The number of fused-ring (bicyclic) bond motifs is 4. The molecule has 9 heteroatoms. The number of benzene rings is 1. The van der Waals surface area contributed by atoms with Crippen molar-refractivity contribution in [2.45, 2.75) is 43.2 Å². The zero-order valence-corrected chi connectivity index (χ0v) is 17.0. The number of hydrogen-bond acceptors (Lipinski definition) is 6. The SMILES string of the molecule is CCOC(=O)C1CC2Cc3[nH]ncc3C(C1)N2CS(=O)(=O)c1ccc(Cl)cc1. The Balaban J connectivity index is 1.62. The molecule has 0 amide bonds. The summed E-state index contributed by atoms with van der Waals surface area (Å²) in [5, 5.41) is 7.65. The van der Waals surface area contributed by atoms with Crippen LogP contribution in [0, 0.1) is 5.92 Å². The Bertz CT molecular complexity index is 973. The van der Waals surface area contributed by atoms with E-state index in [9.17, 15) is 13.2 Å². The van der Waals surface area contributed by atoms with Crippen LogP contribution < -0.4 is 0 Å². The molecule has 1 aromatic heterocycles. The fourth-order valence-electron chi connectivity index (χ4n) is 4.29. The first-order valence-corrected chi connectivity index (χ1v) is 11.3. The Morgan fingerprint density at radius 3 is 2.79 bits per heavy atom. The van der Waals surface area contributed by atoms with Crippen molar-refractivity contribution in [3.05, 3.63) is 46.7 Å². The molecule has 3 heterocycles. The number of ether oxygens (including phenoxy) is 1. The molecule has 0 spiro atoms. The first-order chi connectivity index (χ1) is 13.4. The van der Waals surface area contributed by atoms with Crippen LogP contribution in [-0.4, -0.2) is 48.0 Å². The molecule has 2 aliphatic rings. The average Bonchev–Trinajstić information content (AvgIpc) is 3.10. The van der Waals surface area contributed by atoms with Gasteiger partial charge >= 0.3 is 5.97 Å². The lowest BCUT2D eigenvalue weighted by molar-refractivity contribution is -0.151. The van der Waals surface area contributed by atoms with E-state index in [1.54, 1.807) is 25.3 Å². The predicted molar refractivity (Wildman–Crippen MR) is 104 cm³/mol. The number of carbonyl (C=O) groups excluding carboxylic acids is 1. The summed E-state index contributed by atoms with van der Waals surface area (Å²) in [6.07, 6.45) is 3.48. The second-order valence-corrected chi connectivity index (χ2v) is 9.71. The Labute approximate surface area is 168 Å². The number of nitrogens with zero attached hydrogens (tertiary/aromatic N) is 2. The van der Waals surface area contributed by atoms with Crippen LogP contribution >= 0.6 is 11.6 Å². The van der Waals surface area contributed by atoms with Crippen molar-refractivity contribution >= 4 is 27.4 Å². The minimum Gasteiger partial charge on any atom is -0.466 e. The highest BCUT2D eigenvalue weighted by Gasteiger charge is 2.45. The van der Waals surface area contributed by atoms with Crippen LogP contribution in [0.25, 0.3) is 0 Å². The smallest absolute Gasteiger partial charge is 0.309 e. The predicted octanol–water partition coefficient (Wildman–Crippen LogP) is 2.74. The quantitative estimate of drug-likeness (QED) is 0.743. The molecule has 1 fully saturated rings. The van der Waals surface area contributed by atoms with Gasteiger partial charge in [0.15, 0.2) is 9.84 Å². The number of sulfone groups is 1. The highest BCUT2D eigenvalue weighted by atomic mass is 35.5. The van der Waals surface area contributed by atoms with Crippen LogP contribution in [0.4, 0.5) is 0 Å². The summed E-state index contributed by atoms with van der Waals surface area (Å²) >= 11 is 5.89. The molecule has 150 valence electrons. The third-order valence-corrected chi connectivity index (χ3v) is 7.48. The van der Waals surface area contributed by atoms with E-state index in [1.165, 1.54) is 12.1 Å². The number of H-pyrrole nitrogens is 1. The van der Waals surface area contributed by atoms with E-state index in [-0.39, 0.29) is 34.7 Å². The number of carbonyl (C=O) groups is 1. The van der Waals surface area contributed by atoms with E-state index in [0.29, 0.717) is 30.9 Å². The molecule has 1 aromatic carbocycles. The number of hydrogen-bond donors (Lipinski definition) is 1. The second-order valence-electron chi connectivity index (χ2n) is 7.31. The fourth-order valence-corrected chi connectivity index (χ4v) is 5.90. The van der Waals surface area contributed by atoms with Crippen molar-refractivity contribution in [2.75, 3.05) is 12.5 Å². The van der Waals surface area contributed by atoms with Crippen molar-refractivity contribution in [1.82, 2.24) is 15.1 Å². The van der Waals surface area contributed by atoms with Crippen molar-refractivity contribution in [3.8, 4) is 0 Å². The Hall–Kier alpha value is -1.90. The largest absolute Gasteiger partial charge is 0.466 e. The van der Waals surface area contributed by atoms with Gasteiger partial charge in [0.1, 0.15) is 5.88 Å². The summed E-state index contributed by atoms with van der Waals surface area (Å²) in [5.74, 6) is -0.540. The second kappa shape index (κ2) is 7.50.